The van der Waals surface area contributed by atoms with Gasteiger partial charge in [0.2, 0.25) is 0 Å². The molecule has 0 radical (unpaired) electrons. The predicted molar refractivity (Wildman–Crippen MR) is 106 cm³/mol. The van der Waals surface area contributed by atoms with Crippen LogP contribution in [-0.4, -0.2) is 139 Å². The minimum Gasteiger partial charge on any atom is -0.388 e. The first-order valence-corrected chi connectivity index (χ1v) is 11.4. The zero-order valence-corrected chi connectivity index (χ0v) is 18.4. The molecule has 4 unspecified atom stereocenters. The van der Waals surface area contributed by atoms with Crippen molar-refractivity contribution in [2.75, 3.05) is 73.2 Å². The third-order valence-electron chi connectivity index (χ3n) is 6.33. The van der Waals surface area contributed by atoms with Crippen molar-refractivity contribution in [1.82, 2.24) is 0 Å². The molecule has 32 heavy (non-hydrogen) atoms. The molecule has 5 saturated heterocycles. The Kier molecular flexibility index (Phi) is 7.92. The quantitative estimate of drug-likeness (QED) is 0.305. The van der Waals surface area contributed by atoms with Gasteiger partial charge in [-0.1, -0.05) is 0 Å². The Morgan fingerprint density at radius 2 is 1.31 bits per heavy atom. The Morgan fingerprint density at radius 3 is 1.97 bits per heavy atom. The van der Waals surface area contributed by atoms with E-state index in [-0.39, 0.29) is 68.1 Å². The number of aliphatic hydroxyl groups excluding tert-OH is 1. The van der Waals surface area contributed by atoms with Crippen LogP contribution in [0.3, 0.4) is 0 Å². The summed E-state index contributed by atoms with van der Waals surface area (Å²) in [4.78, 5) is 0. The second kappa shape index (κ2) is 10.9. The van der Waals surface area contributed by atoms with Gasteiger partial charge in [-0.05, 0) is 0 Å². The van der Waals surface area contributed by atoms with Crippen LogP contribution in [0.15, 0.2) is 0 Å². The first-order chi connectivity index (χ1) is 15.7. The minimum absolute atomic E-state index is 0.104. The molecule has 1 N–H and O–H groups in total. The SMILES string of the molecule is CO[C@@H]1[C@@H](OCC(O)CO[C@@H]2CO[C@H]3C2OC[C@H]3OCC2CO2)CO[C@@H]1COCC1CO1. The summed E-state index contributed by atoms with van der Waals surface area (Å²) in [6.45, 7) is 4.60. The van der Waals surface area contributed by atoms with Crippen molar-refractivity contribution < 1.29 is 52.5 Å². The van der Waals surface area contributed by atoms with Gasteiger partial charge in [0, 0.05) is 7.11 Å². The average molecular weight is 462 g/mol. The van der Waals surface area contributed by atoms with Crippen LogP contribution in [0.4, 0.5) is 0 Å². The third kappa shape index (κ3) is 5.97. The number of rotatable bonds is 14. The number of aliphatic hydroxyl groups is 1. The summed E-state index contributed by atoms with van der Waals surface area (Å²) in [5.74, 6) is 0. The van der Waals surface area contributed by atoms with Crippen molar-refractivity contribution in [3.8, 4) is 0 Å². The number of hydrogen-bond acceptors (Lipinski definition) is 11. The third-order valence-corrected chi connectivity index (χ3v) is 6.33. The number of ether oxygens (including phenoxy) is 10. The molecular formula is C21H34O11. The van der Waals surface area contributed by atoms with Gasteiger partial charge in [0.05, 0.1) is 66.1 Å². The van der Waals surface area contributed by atoms with E-state index >= 15 is 0 Å². The average Bonchev–Trinajstić information content (AvgIpc) is 3.68. The van der Waals surface area contributed by atoms with E-state index in [0.717, 1.165) is 13.2 Å². The molecule has 11 heteroatoms. The van der Waals surface area contributed by atoms with Crippen LogP contribution in [0.5, 0.6) is 0 Å². The summed E-state index contributed by atoms with van der Waals surface area (Å²) < 4.78 is 56.5. The number of epoxide rings is 2. The summed E-state index contributed by atoms with van der Waals surface area (Å²) >= 11 is 0. The van der Waals surface area contributed by atoms with E-state index in [0.29, 0.717) is 39.6 Å². The maximum atomic E-state index is 10.4. The highest BCUT2D eigenvalue weighted by Gasteiger charge is 2.49. The lowest BCUT2D eigenvalue weighted by atomic mass is 10.1. The first-order valence-electron chi connectivity index (χ1n) is 11.4. The largest absolute Gasteiger partial charge is 0.388 e. The second-order valence-corrected chi connectivity index (χ2v) is 8.89. The standard InChI is InChI=1S/C21H34O11/c1-23-19-15(8-24-4-13-5-25-13)30-9-16(19)27-2-12(22)3-28-17-10-31-21-18(11-32-20(17)21)29-7-14-6-26-14/h12-22H,2-11H2,1H3/t12?,13?,14?,15-,16+,17-,18-,19+,20?,21-/m1/s1. The van der Waals surface area contributed by atoms with Crippen LogP contribution >= 0.6 is 0 Å². The lowest BCUT2D eigenvalue weighted by Crippen LogP contribution is -2.39. The monoisotopic (exact) mass is 462 g/mol. The van der Waals surface area contributed by atoms with Gasteiger partial charge in [-0.2, -0.15) is 0 Å². The van der Waals surface area contributed by atoms with Gasteiger partial charge in [-0.25, -0.2) is 0 Å². The van der Waals surface area contributed by atoms with Gasteiger partial charge >= 0.3 is 0 Å². The first kappa shape index (κ1) is 23.3. The summed E-state index contributed by atoms with van der Waals surface area (Å²) in [7, 11) is 1.62. The van der Waals surface area contributed by atoms with E-state index < -0.39 is 6.10 Å². The van der Waals surface area contributed by atoms with Crippen molar-refractivity contribution in [2.45, 2.75) is 61.0 Å². The summed E-state index contributed by atoms with van der Waals surface area (Å²) in [5.41, 5.74) is 0. The van der Waals surface area contributed by atoms with E-state index in [4.69, 9.17) is 47.4 Å². The van der Waals surface area contributed by atoms with E-state index in [1.807, 2.05) is 0 Å². The number of hydrogen-bond donors (Lipinski definition) is 1. The van der Waals surface area contributed by atoms with Crippen LogP contribution in [0.2, 0.25) is 0 Å². The van der Waals surface area contributed by atoms with Crippen LogP contribution in [0.1, 0.15) is 0 Å². The Morgan fingerprint density at radius 1 is 0.719 bits per heavy atom. The molecule has 0 bridgehead atoms. The zero-order valence-electron chi connectivity index (χ0n) is 18.4. The van der Waals surface area contributed by atoms with Crippen LogP contribution < -0.4 is 0 Å². The highest BCUT2D eigenvalue weighted by molar-refractivity contribution is 4.96. The van der Waals surface area contributed by atoms with Crippen molar-refractivity contribution in [2.24, 2.45) is 0 Å². The van der Waals surface area contributed by atoms with Crippen LogP contribution in [-0.2, 0) is 47.4 Å². The maximum absolute atomic E-state index is 10.4. The van der Waals surface area contributed by atoms with Crippen molar-refractivity contribution in [1.29, 1.82) is 0 Å². The highest BCUT2D eigenvalue weighted by Crippen LogP contribution is 2.31. The van der Waals surface area contributed by atoms with Crippen LogP contribution in [0.25, 0.3) is 0 Å². The van der Waals surface area contributed by atoms with Gasteiger partial charge in [0.1, 0.15) is 61.0 Å². The normalized spacial score (nSPS) is 43.5. The maximum Gasteiger partial charge on any atom is 0.115 e. The fraction of sp³-hybridized carbons (Fsp3) is 1.00. The van der Waals surface area contributed by atoms with E-state index in [2.05, 4.69) is 0 Å². The lowest BCUT2D eigenvalue weighted by Gasteiger charge is -2.23. The molecule has 184 valence electrons. The Balaban J connectivity index is 0.980. The molecule has 0 amide bonds. The molecule has 0 aromatic carbocycles. The molecule has 5 rings (SSSR count). The molecule has 5 aliphatic rings. The van der Waals surface area contributed by atoms with E-state index in [1.165, 1.54) is 0 Å². The molecule has 5 aliphatic heterocycles. The Bertz CT molecular complexity index is 574. The van der Waals surface area contributed by atoms with E-state index in [1.54, 1.807) is 7.11 Å². The molecule has 5 fully saturated rings. The number of methoxy groups -OCH3 is 1. The molecule has 0 aliphatic carbocycles. The fourth-order valence-corrected chi connectivity index (χ4v) is 4.34. The van der Waals surface area contributed by atoms with Gasteiger partial charge in [0.25, 0.3) is 0 Å². The molecular weight excluding hydrogens is 428 g/mol. The molecule has 10 atom stereocenters. The minimum atomic E-state index is -0.783. The molecule has 5 heterocycles. The van der Waals surface area contributed by atoms with Gasteiger partial charge in [0.15, 0.2) is 0 Å². The van der Waals surface area contributed by atoms with E-state index in [9.17, 15) is 5.11 Å². The molecule has 0 spiro atoms. The number of fused-ring (bicyclic) bond motifs is 1. The van der Waals surface area contributed by atoms with Gasteiger partial charge in [-0.3, -0.25) is 0 Å². The smallest absolute Gasteiger partial charge is 0.115 e. The van der Waals surface area contributed by atoms with Crippen molar-refractivity contribution in [3.05, 3.63) is 0 Å². The molecule has 0 aromatic rings. The van der Waals surface area contributed by atoms with Gasteiger partial charge in [-0.15, -0.1) is 0 Å². The molecule has 0 saturated carbocycles. The summed E-state index contributed by atoms with van der Waals surface area (Å²) in [6, 6.07) is 0. The molecule has 0 aromatic heterocycles. The highest BCUT2D eigenvalue weighted by atomic mass is 16.7. The summed E-state index contributed by atoms with van der Waals surface area (Å²) in [5, 5.41) is 10.4. The second-order valence-electron chi connectivity index (χ2n) is 8.89. The predicted octanol–water partition coefficient (Wildman–Crippen LogP) is -1.47. The Hall–Kier alpha value is -0.440. The lowest BCUT2D eigenvalue weighted by molar-refractivity contribution is -0.103. The summed E-state index contributed by atoms with van der Waals surface area (Å²) in [6.07, 6.45) is -1.76. The Labute approximate surface area is 187 Å². The fourth-order valence-electron chi connectivity index (χ4n) is 4.34. The zero-order chi connectivity index (χ0) is 21.9. The van der Waals surface area contributed by atoms with Crippen LogP contribution in [0, 0.1) is 0 Å². The molecule has 11 nitrogen and oxygen atoms in total. The van der Waals surface area contributed by atoms with Crippen molar-refractivity contribution >= 4 is 0 Å². The topological polar surface area (TPSA) is 119 Å². The van der Waals surface area contributed by atoms with Crippen molar-refractivity contribution in [3.63, 3.8) is 0 Å². The van der Waals surface area contributed by atoms with Gasteiger partial charge < -0.3 is 52.5 Å².